The molecular weight excluding hydrogens is 336 g/mol. The summed E-state index contributed by atoms with van der Waals surface area (Å²) in [7, 11) is 2.00. The van der Waals surface area contributed by atoms with Gasteiger partial charge in [0.1, 0.15) is 17.9 Å². The standard InChI is InChI=1S/C20H21ClN2O2/c1-14(19-11-16-5-3-4-6-18(16)25-19)22-20(24)13-23(2)12-15-7-9-17(21)10-8-15/h3-11,14H,12-13H2,1-2H3,(H,22,24)/p+1/t14-/m0/s1. The molecule has 0 spiro atoms. The molecule has 0 bridgehead atoms. The number of rotatable bonds is 6. The number of halogens is 1. The van der Waals surface area contributed by atoms with Gasteiger partial charge in [-0.1, -0.05) is 41.9 Å². The zero-order valence-electron chi connectivity index (χ0n) is 14.4. The van der Waals surface area contributed by atoms with Crippen molar-refractivity contribution in [2.75, 3.05) is 13.6 Å². The van der Waals surface area contributed by atoms with E-state index in [0.29, 0.717) is 6.54 Å². The number of fused-ring (bicyclic) bond motifs is 1. The molecule has 4 nitrogen and oxygen atoms in total. The first-order valence-corrected chi connectivity index (χ1v) is 8.72. The number of benzene rings is 2. The Morgan fingerprint density at radius 2 is 1.92 bits per heavy atom. The average Bonchev–Trinajstić information content (AvgIpc) is 3.01. The van der Waals surface area contributed by atoms with Crippen molar-refractivity contribution in [2.24, 2.45) is 0 Å². The summed E-state index contributed by atoms with van der Waals surface area (Å²) >= 11 is 5.90. The number of likely N-dealkylation sites (N-methyl/N-ethyl adjacent to an activating group) is 1. The molecule has 0 aliphatic heterocycles. The lowest BCUT2D eigenvalue weighted by Gasteiger charge is -2.16. The maximum atomic E-state index is 12.3. The molecule has 25 heavy (non-hydrogen) atoms. The second-order valence-corrected chi connectivity index (χ2v) is 6.85. The van der Waals surface area contributed by atoms with Crippen molar-refractivity contribution < 1.29 is 14.1 Å². The number of amides is 1. The van der Waals surface area contributed by atoms with Gasteiger partial charge in [-0.05, 0) is 31.2 Å². The highest BCUT2D eigenvalue weighted by molar-refractivity contribution is 6.30. The van der Waals surface area contributed by atoms with Crippen molar-refractivity contribution >= 4 is 28.5 Å². The van der Waals surface area contributed by atoms with Crippen LogP contribution in [0.5, 0.6) is 0 Å². The van der Waals surface area contributed by atoms with Crippen LogP contribution in [0.2, 0.25) is 5.02 Å². The van der Waals surface area contributed by atoms with Crippen molar-refractivity contribution in [3.8, 4) is 0 Å². The van der Waals surface area contributed by atoms with E-state index in [-0.39, 0.29) is 11.9 Å². The van der Waals surface area contributed by atoms with Gasteiger partial charge in [0.15, 0.2) is 6.54 Å². The second-order valence-electron chi connectivity index (χ2n) is 6.41. The first kappa shape index (κ1) is 17.5. The molecule has 0 aliphatic carbocycles. The average molecular weight is 358 g/mol. The fourth-order valence-corrected chi connectivity index (χ4v) is 2.99. The van der Waals surface area contributed by atoms with E-state index in [9.17, 15) is 4.79 Å². The van der Waals surface area contributed by atoms with Crippen LogP contribution in [0.15, 0.2) is 59.0 Å². The Labute approximate surface area is 152 Å². The molecule has 0 fully saturated rings. The Kier molecular flexibility index (Phi) is 5.41. The van der Waals surface area contributed by atoms with Crippen LogP contribution in [0.25, 0.3) is 11.0 Å². The van der Waals surface area contributed by atoms with Crippen molar-refractivity contribution in [1.29, 1.82) is 0 Å². The van der Waals surface area contributed by atoms with E-state index in [0.717, 1.165) is 38.8 Å². The first-order chi connectivity index (χ1) is 12.0. The van der Waals surface area contributed by atoms with Gasteiger partial charge in [0, 0.05) is 16.0 Å². The molecule has 130 valence electrons. The maximum absolute atomic E-state index is 12.3. The van der Waals surface area contributed by atoms with Crippen LogP contribution in [0.4, 0.5) is 0 Å². The van der Waals surface area contributed by atoms with Gasteiger partial charge in [0.25, 0.3) is 5.91 Å². The van der Waals surface area contributed by atoms with Crippen LogP contribution < -0.4 is 10.2 Å². The molecular formula is C20H22ClN2O2+. The van der Waals surface area contributed by atoms with Crippen LogP contribution in [0, 0.1) is 0 Å². The second kappa shape index (κ2) is 7.72. The molecule has 1 unspecified atom stereocenters. The van der Waals surface area contributed by atoms with Gasteiger partial charge in [-0.25, -0.2) is 0 Å². The highest BCUT2D eigenvalue weighted by atomic mass is 35.5. The van der Waals surface area contributed by atoms with Crippen molar-refractivity contribution in [2.45, 2.75) is 19.5 Å². The molecule has 3 aromatic rings. The number of carbonyl (C=O) groups excluding carboxylic acids is 1. The van der Waals surface area contributed by atoms with Crippen LogP contribution in [-0.2, 0) is 11.3 Å². The van der Waals surface area contributed by atoms with E-state index in [1.165, 1.54) is 0 Å². The van der Waals surface area contributed by atoms with E-state index in [2.05, 4.69) is 5.32 Å². The molecule has 1 heterocycles. The summed E-state index contributed by atoms with van der Waals surface area (Å²) < 4.78 is 5.81. The van der Waals surface area contributed by atoms with Gasteiger partial charge in [0.2, 0.25) is 0 Å². The van der Waals surface area contributed by atoms with Crippen LogP contribution in [-0.4, -0.2) is 19.5 Å². The number of hydrogen-bond donors (Lipinski definition) is 2. The summed E-state index contributed by atoms with van der Waals surface area (Å²) in [6.07, 6.45) is 0. The van der Waals surface area contributed by atoms with E-state index in [1.807, 2.05) is 68.6 Å². The summed E-state index contributed by atoms with van der Waals surface area (Å²) in [5, 5.41) is 4.77. The smallest absolute Gasteiger partial charge is 0.275 e. The van der Waals surface area contributed by atoms with Crippen LogP contribution in [0.1, 0.15) is 24.3 Å². The highest BCUT2D eigenvalue weighted by Crippen LogP contribution is 2.23. The molecule has 0 aliphatic rings. The third kappa shape index (κ3) is 4.62. The van der Waals surface area contributed by atoms with Gasteiger partial charge >= 0.3 is 0 Å². The molecule has 3 rings (SSSR count). The molecule has 2 N–H and O–H groups in total. The zero-order valence-corrected chi connectivity index (χ0v) is 15.1. The predicted molar refractivity (Wildman–Crippen MR) is 99.7 cm³/mol. The SMILES string of the molecule is C[C@H](NC(=O)C[NH+](C)Cc1ccc(Cl)cc1)c1cc2ccccc2o1. The summed E-state index contributed by atoms with van der Waals surface area (Å²) in [4.78, 5) is 13.4. The Bertz CT molecular complexity index is 825. The molecule has 1 aromatic heterocycles. The Morgan fingerprint density at radius 3 is 2.64 bits per heavy atom. The fraction of sp³-hybridized carbons (Fsp3) is 0.250. The van der Waals surface area contributed by atoms with Crippen molar-refractivity contribution in [1.82, 2.24) is 5.32 Å². The molecule has 0 radical (unpaired) electrons. The molecule has 5 heteroatoms. The third-order valence-electron chi connectivity index (χ3n) is 4.13. The lowest BCUT2D eigenvalue weighted by atomic mass is 10.2. The Morgan fingerprint density at radius 1 is 1.20 bits per heavy atom. The highest BCUT2D eigenvalue weighted by Gasteiger charge is 2.17. The number of para-hydroxylation sites is 1. The fourth-order valence-electron chi connectivity index (χ4n) is 2.87. The molecule has 1 amide bonds. The van der Waals surface area contributed by atoms with E-state index in [4.69, 9.17) is 16.0 Å². The monoisotopic (exact) mass is 357 g/mol. The van der Waals surface area contributed by atoms with Gasteiger partial charge in [-0.15, -0.1) is 0 Å². The summed E-state index contributed by atoms with van der Waals surface area (Å²) in [5.74, 6) is 0.768. The minimum Gasteiger partial charge on any atom is -0.459 e. The van der Waals surface area contributed by atoms with Crippen molar-refractivity contribution in [3.63, 3.8) is 0 Å². The normalized spacial score (nSPS) is 13.6. The quantitative estimate of drug-likeness (QED) is 0.712. The number of carbonyl (C=O) groups is 1. The van der Waals surface area contributed by atoms with Gasteiger partial charge < -0.3 is 14.6 Å². The summed E-state index contributed by atoms with van der Waals surface area (Å²) in [5.41, 5.74) is 1.99. The van der Waals surface area contributed by atoms with Crippen LogP contribution >= 0.6 is 11.6 Å². The Hall–Kier alpha value is -2.30. The molecule has 0 saturated heterocycles. The maximum Gasteiger partial charge on any atom is 0.275 e. The number of furan rings is 1. The van der Waals surface area contributed by atoms with Crippen molar-refractivity contribution in [3.05, 3.63) is 70.9 Å². The third-order valence-corrected chi connectivity index (χ3v) is 4.38. The molecule has 2 atom stereocenters. The summed E-state index contributed by atoms with van der Waals surface area (Å²) in [6, 6.07) is 17.4. The zero-order chi connectivity index (χ0) is 17.8. The van der Waals surface area contributed by atoms with E-state index >= 15 is 0 Å². The minimum absolute atomic E-state index is 0.000537. The van der Waals surface area contributed by atoms with E-state index in [1.54, 1.807) is 0 Å². The van der Waals surface area contributed by atoms with Gasteiger partial charge in [0.05, 0.1) is 13.1 Å². The number of hydrogen-bond acceptors (Lipinski definition) is 2. The predicted octanol–water partition coefficient (Wildman–Crippen LogP) is 2.98. The first-order valence-electron chi connectivity index (χ1n) is 8.35. The topological polar surface area (TPSA) is 46.7 Å². The largest absolute Gasteiger partial charge is 0.459 e. The number of quaternary nitrogens is 1. The number of nitrogens with one attached hydrogen (secondary N) is 2. The van der Waals surface area contributed by atoms with Gasteiger partial charge in [-0.3, -0.25) is 4.79 Å². The lowest BCUT2D eigenvalue weighted by molar-refractivity contribution is -0.885. The molecule has 2 aromatic carbocycles. The molecule has 0 saturated carbocycles. The van der Waals surface area contributed by atoms with Crippen LogP contribution in [0.3, 0.4) is 0 Å². The van der Waals surface area contributed by atoms with E-state index < -0.39 is 0 Å². The van der Waals surface area contributed by atoms with Gasteiger partial charge in [-0.2, -0.15) is 0 Å². The minimum atomic E-state index is -0.164. The lowest BCUT2D eigenvalue weighted by Crippen LogP contribution is -3.08. The summed E-state index contributed by atoms with van der Waals surface area (Å²) in [6.45, 7) is 3.10. The Balaban J connectivity index is 1.55.